The molecule has 0 aliphatic rings. The van der Waals surface area contributed by atoms with Crippen molar-refractivity contribution in [3.8, 4) is 0 Å². The fourth-order valence-corrected chi connectivity index (χ4v) is 1.64. The van der Waals surface area contributed by atoms with Gasteiger partial charge in [0.2, 0.25) is 0 Å². The van der Waals surface area contributed by atoms with Gasteiger partial charge in [-0.05, 0) is 28.1 Å². The molecule has 4 heteroatoms. The molecule has 0 unspecified atom stereocenters. The minimum atomic E-state index is -1.12. The molecule has 2 nitrogen and oxygen atoms in total. The molecule has 1 aromatic rings. The summed E-state index contributed by atoms with van der Waals surface area (Å²) in [5.41, 5.74) is 0. The Balaban J connectivity index is 2.98. The summed E-state index contributed by atoms with van der Waals surface area (Å²) >= 11 is 4.28. The number of hydrogen-bond donors (Lipinski definition) is 0. The van der Waals surface area contributed by atoms with Crippen LogP contribution in [0.3, 0.4) is 0 Å². The molecule has 9 heavy (non-hydrogen) atoms. The lowest BCUT2D eigenvalue weighted by Crippen LogP contribution is -2.20. The molecule has 1 aromatic heterocycles. The van der Waals surface area contributed by atoms with Gasteiger partial charge in [-0.2, -0.15) is 0 Å². The van der Waals surface area contributed by atoms with E-state index < -0.39 is 5.97 Å². The number of aromatic carboxylic acids is 1. The van der Waals surface area contributed by atoms with Crippen LogP contribution in [0.1, 0.15) is 9.67 Å². The molecule has 0 amide bonds. The number of carbonyl (C=O) groups excluding carboxylic acids is 1. The highest BCUT2D eigenvalue weighted by atomic mass is 79.9. The third kappa shape index (κ3) is 1.53. The zero-order valence-corrected chi connectivity index (χ0v) is 6.66. The van der Waals surface area contributed by atoms with Crippen LogP contribution in [0, 0.1) is 0 Å². The average Bonchev–Trinajstić information content (AvgIpc) is 2.14. The van der Waals surface area contributed by atoms with Gasteiger partial charge >= 0.3 is 0 Å². The number of carboxylic acids is 1. The largest absolute Gasteiger partial charge is 0.544 e. The number of hydrogen-bond acceptors (Lipinski definition) is 3. The maximum atomic E-state index is 10.1. The summed E-state index contributed by atoms with van der Waals surface area (Å²) in [5, 5.41) is 10.1. The Hall–Kier alpha value is -0.350. The lowest BCUT2D eigenvalue weighted by Gasteiger charge is -1.92. The van der Waals surface area contributed by atoms with Crippen molar-refractivity contribution in [3.05, 3.63) is 20.8 Å². The lowest BCUT2D eigenvalue weighted by molar-refractivity contribution is -0.254. The highest BCUT2D eigenvalue weighted by molar-refractivity contribution is 9.11. The molecule has 0 fully saturated rings. The first-order valence-corrected chi connectivity index (χ1v) is 3.78. The third-order valence-corrected chi connectivity index (χ3v) is 2.38. The summed E-state index contributed by atoms with van der Waals surface area (Å²) in [6.07, 6.45) is 0. The standard InChI is InChI=1S/C5H3BrO2S/c6-4-2-1-3(9-4)5(7)8/h1-2H,(H,7,8)/p-1. The molecule has 0 spiro atoms. The molecule has 0 aliphatic heterocycles. The molecule has 0 saturated carbocycles. The van der Waals surface area contributed by atoms with E-state index in [0.29, 0.717) is 0 Å². The first kappa shape index (κ1) is 6.77. The second-order valence-corrected chi connectivity index (χ2v) is 3.85. The predicted octanol–water partition coefficient (Wildman–Crippen LogP) is 0.874. The molecule has 0 bridgehead atoms. The quantitative estimate of drug-likeness (QED) is 0.684. The van der Waals surface area contributed by atoms with Gasteiger partial charge in [-0.1, -0.05) is 0 Å². The zero-order valence-electron chi connectivity index (χ0n) is 4.26. The summed E-state index contributed by atoms with van der Waals surface area (Å²) in [5.74, 6) is -1.12. The summed E-state index contributed by atoms with van der Waals surface area (Å²) < 4.78 is 0.807. The van der Waals surface area contributed by atoms with Crippen LogP contribution in [-0.4, -0.2) is 5.97 Å². The maximum absolute atomic E-state index is 10.1. The summed E-state index contributed by atoms with van der Waals surface area (Å²) in [7, 11) is 0. The van der Waals surface area contributed by atoms with E-state index in [4.69, 9.17) is 0 Å². The van der Waals surface area contributed by atoms with Gasteiger partial charge in [-0.25, -0.2) is 0 Å². The van der Waals surface area contributed by atoms with Crippen LogP contribution in [0.2, 0.25) is 0 Å². The predicted molar refractivity (Wildman–Crippen MR) is 36.3 cm³/mol. The maximum Gasteiger partial charge on any atom is 0.0815 e. The summed E-state index contributed by atoms with van der Waals surface area (Å²) in [6.45, 7) is 0. The van der Waals surface area contributed by atoms with Crippen LogP contribution in [0.5, 0.6) is 0 Å². The van der Waals surface area contributed by atoms with Gasteiger partial charge in [0.1, 0.15) is 0 Å². The van der Waals surface area contributed by atoms with Crippen molar-refractivity contribution in [2.24, 2.45) is 0 Å². The van der Waals surface area contributed by atoms with Gasteiger partial charge in [0.05, 0.1) is 14.6 Å². The molecule has 0 N–H and O–H groups in total. The van der Waals surface area contributed by atoms with Gasteiger partial charge in [0.25, 0.3) is 0 Å². The molecular formula is C5H2BrO2S-. The molecule has 1 heterocycles. The van der Waals surface area contributed by atoms with Gasteiger partial charge in [-0.3, -0.25) is 0 Å². The van der Waals surface area contributed by atoms with Crippen LogP contribution in [-0.2, 0) is 0 Å². The molecule has 0 aliphatic carbocycles. The number of carboxylic acid groups (broad SMARTS) is 1. The number of thiophene rings is 1. The van der Waals surface area contributed by atoms with Gasteiger partial charge < -0.3 is 9.90 Å². The fourth-order valence-electron chi connectivity index (χ4n) is 0.424. The van der Waals surface area contributed by atoms with Crippen LogP contribution in [0.15, 0.2) is 15.9 Å². The minimum Gasteiger partial charge on any atom is -0.544 e. The SMILES string of the molecule is O=C([O-])c1ccc(Br)s1. The van der Waals surface area contributed by atoms with Crippen molar-refractivity contribution in [1.82, 2.24) is 0 Å². The van der Waals surface area contributed by atoms with Crippen LogP contribution in [0.25, 0.3) is 0 Å². The van der Waals surface area contributed by atoms with Gasteiger partial charge in [0.15, 0.2) is 0 Å². The molecule has 0 radical (unpaired) electrons. The van der Waals surface area contributed by atoms with E-state index in [2.05, 4.69) is 15.9 Å². The normalized spacial score (nSPS) is 9.44. The van der Waals surface area contributed by atoms with E-state index in [0.717, 1.165) is 15.1 Å². The Morgan fingerprint density at radius 2 is 2.33 bits per heavy atom. The molecule has 0 saturated heterocycles. The number of halogens is 1. The number of carbonyl (C=O) groups is 1. The molecular weight excluding hydrogens is 204 g/mol. The minimum absolute atomic E-state index is 0.252. The van der Waals surface area contributed by atoms with E-state index in [1.807, 2.05) is 0 Å². The fraction of sp³-hybridized carbons (Fsp3) is 0. The smallest absolute Gasteiger partial charge is 0.0815 e. The molecule has 1 rings (SSSR count). The highest BCUT2D eigenvalue weighted by Gasteiger charge is 1.95. The van der Waals surface area contributed by atoms with E-state index in [9.17, 15) is 9.90 Å². The van der Waals surface area contributed by atoms with Crippen molar-refractivity contribution in [2.75, 3.05) is 0 Å². The van der Waals surface area contributed by atoms with E-state index in [1.165, 1.54) is 6.07 Å². The van der Waals surface area contributed by atoms with Crippen LogP contribution >= 0.6 is 27.3 Å². The second-order valence-electron chi connectivity index (χ2n) is 1.39. The highest BCUT2D eigenvalue weighted by Crippen LogP contribution is 2.20. The topological polar surface area (TPSA) is 40.1 Å². The first-order valence-electron chi connectivity index (χ1n) is 2.17. The summed E-state index contributed by atoms with van der Waals surface area (Å²) in [6, 6.07) is 3.18. The first-order chi connectivity index (χ1) is 4.20. The third-order valence-electron chi connectivity index (χ3n) is 0.774. The van der Waals surface area contributed by atoms with Gasteiger partial charge in [-0.15, -0.1) is 11.3 Å². The van der Waals surface area contributed by atoms with Crippen LogP contribution < -0.4 is 5.11 Å². The molecule has 0 atom stereocenters. The van der Waals surface area contributed by atoms with Crippen molar-refractivity contribution in [3.63, 3.8) is 0 Å². The Bertz CT molecular complexity index is 231. The van der Waals surface area contributed by atoms with E-state index >= 15 is 0 Å². The lowest BCUT2D eigenvalue weighted by atomic mass is 10.5. The zero-order chi connectivity index (χ0) is 6.85. The van der Waals surface area contributed by atoms with Crippen molar-refractivity contribution in [1.29, 1.82) is 0 Å². The summed E-state index contributed by atoms with van der Waals surface area (Å²) in [4.78, 5) is 10.3. The van der Waals surface area contributed by atoms with Crippen molar-refractivity contribution < 1.29 is 9.90 Å². The monoisotopic (exact) mass is 205 g/mol. The van der Waals surface area contributed by atoms with E-state index in [-0.39, 0.29) is 4.88 Å². The Morgan fingerprint density at radius 1 is 1.67 bits per heavy atom. The number of rotatable bonds is 1. The van der Waals surface area contributed by atoms with Gasteiger partial charge in [0, 0.05) is 0 Å². The Labute approximate surface area is 64.3 Å². The molecule has 0 aromatic carbocycles. The van der Waals surface area contributed by atoms with E-state index in [1.54, 1.807) is 6.07 Å². The Morgan fingerprint density at radius 3 is 2.56 bits per heavy atom. The van der Waals surface area contributed by atoms with Crippen molar-refractivity contribution >= 4 is 33.2 Å². The average molecular weight is 206 g/mol. The Kier molecular flexibility index (Phi) is 1.87. The molecule has 48 valence electrons. The van der Waals surface area contributed by atoms with Crippen molar-refractivity contribution in [2.45, 2.75) is 0 Å². The van der Waals surface area contributed by atoms with Crippen LogP contribution in [0.4, 0.5) is 0 Å². The second kappa shape index (κ2) is 2.49.